The average Bonchev–Trinajstić information content (AvgIpc) is 3.00. The summed E-state index contributed by atoms with van der Waals surface area (Å²) in [5, 5.41) is 8.81. The van der Waals surface area contributed by atoms with Crippen molar-refractivity contribution in [2.75, 3.05) is 33.8 Å². The number of aromatic nitrogens is 1. The van der Waals surface area contributed by atoms with E-state index in [9.17, 15) is 18.0 Å². The molecule has 0 aliphatic heterocycles. The highest BCUT2D eigenvalue weighted by molar-refractivity contribution is 7.89. The van der Waals surface area contributed by atoms with Crippen molar-refractivity contribution >= 4 is 22.1 Å². The topological polar surface area (TPSA) is 120 Å². The third-order valence-corrected chi connectivity index (χ3v) is 4.82. The fourth-order valence-corrected chi connectivity index (χ4v) is 2.73. The molecule has 128 valence electrons. The first-order chi connectivity index (χ1) is 10.7. The number of carbonyl (C=O) groups is 2. The van der Waals surface area contributed by atoms with Crippen LogP contribution >= 0.6 is 0 Å². The van der Waals surface area contributed by atoms with Gasteiger partial charge in [-0.25, -0.2) is 18.0 Å². The number of aromatic carboxylic acids is 1. The second-order valence-electron chi connectivity index (χ2n) is 4.67. The Morgan fingerprint density at radius 3 is 2.57 bits per heavy atom. The summed E-state index contributed by atoms with van der Waals surface area (Å²) < 4.78 is 30.4. The molecule has 9 nitrogen and oxygen atoms in total. The van der Waals surface area contributed by atoms with Gasteiger partial charge in [-0.05, 0) is 6.07 Å². The monoisotopic (exact) mass is 345 g/mol. The molecule has 10 heteroatoms. The lowest BCUT2D eigenvalue weighted by Gasteiger charge is -2.21. The Morgan fingerprint density at radius 2 is 2.04 bits per heavy atom. The fourth-order valence-electron chi connectivity index (χ4n) is 1.57. The number of hydrogen-bond donors (Lipinski definition) is 2. The van der Waals surface area contributed by atoms with Crippen molar-refractivity contribution in [3.8, 4) is 0 Å². The summed E-state index contributed by atoms with van der Waals surface area (Å²) in [5.74, 6) is -1.25. The van der Waals surface area contributed by atoms with E-state index in [4.69, 9.17) is 9.84 Å². The van der Waals surface area contributed by atoms with Crippen LogP contribution in [0.2, 0.25) is 0 Å². The summed E-state index contributed by atoms with van der Waals surface area (Å²) >= 11 is 0. The third kappa shape index (κ3) is 4.83. The summed E-state index contributed by atoms with van der Waals surface area (Å²) in [7, 11) is -1.03. The van der Waals surface area contributed by atoms with E-state index in [0.717, 1.165) is 16.6 Å². The summed E-state index contributed by atoms with van der Waals surface area (Å²) in [6.07, 6.45) is 1.94. The van der Waals surface area contributed by atoms with Crippen molar-refractivity contribution in [3.63, 3.8) is 0 Å². The zero-order chi connectivity index (χ0) is 17.6. The lowest BCUT2D eigenvalue weighted by atomic mass is 10.4. The highest BCUT2D eigenvalue weighted by atomic mass is 32.2. The van der Waals surface area contributed by atoms with Crippen molar-refractivity contribution < 1.29 is 27.9 Å². The molecule has 0 aliphatic rings. The smallest absolute Gasteiger partial charge is 0.409 e. The Balaban J connectivity index is 2.68. The van der Waals surface area contributed by atoms with Gasteiger partial charge in [0.25, 0.3) is 0 Å². The van der Waals surface area contributed by atoms with Crippen LogP contribution < -0.4 is 0 Å². The molecular weight excluding hydrogens is 326 g/mol. The molecule has 1 rings (SSSR count). The SMILES string of the molecule is C=CCOC(=O)N(C)CCN(C)S(=O)(=O)c1c[nH]c(C(=O)O)c1. The number of ether oxygens (including phenoxy) is 1. The number of rotatable bonds is 8. The maximum absolute atomic E-state index is 12.3. The number of amides is 1. The van der Waals surface area contributed by atoms with E-state index in [1.165, 1.54) is 25.1 Å². The normalized spacial score (nSPS) is 11.3. The van der Waals surface area contributed by atoms with Crippen molar-refractivity contribution in [3.05, 3.63) is 30.6 Å². The maximum atomic E-state index is 12.3. The van der Waals surface area contributed by atoms with Gasteiger partial charge in [-0.3, -0.25) is 0 Å². The molecule has 0 spiro atoms. The molecule has 0 unspecified atom stereocenters. The molecule has 0 aromatic carbocycles. The third-order valence-electron chi connectivity index (χ3n) is 2.98. The predicted octanol–water partition coefficient (Wildman–Crippen LogP) is 0.588. The van der Waals surface area contributed by atoms with Crippen molar-refractivity contribution in [1.29, 1.82) is 0 Å². The van der Waals surface area contributed by atoms with Gasteiger partial charge in [-0.1, -0.05) is 12.7 Å². The van der Waals surface area contributed by atoms with Crippen LogP contribution in [0, 0.1) is 0 Å². The molecule has 0 saturated carbocycles. The first-order valence-electron chi connectivity index (χ1n) is 6.57. The first-order valence-corrected chi connectivity index (χ1v) is 8.01. The fraction of sp³-hybridized carbons (Fsp3) is 0.385. The molecule has 1 heterocycles. The van der Waals surface area contributed by atoms with Gasteiger partial charge in [0, 0.05) is 33.4 Å². The molecular formula is C13H19N3O6S. The van der Waals surface area contributed by atoms with E-state index in [0.29, 0.717) is 0 Å². The quantitative estimate of drug-likeness (QED) is 0.665. The molecule has 1 aromatic rings. The highest BCUT2D eigenvalue weighted by Gasteiger charge is 2.24. The van der Waals surface area contributed by atoms with Gasteiger partial charge in [0.1, 0.15) is 17.2 Å². The predicted molar refractivity (Wildman–Crippen MR) is 81.7 cm³/mol. The number of likely N-dealkylation sites (N-methyl/N-ethyl adjacent to an activating group) is 2. The van der Waals surface area contributed by atoms with E-state index in [-0.39, 0.29) is 30.3 Å². The second kappa shape index (κ2) is 7.79. The van der Waals surface area contributed by atoms with E-state index in [1.807, 2.05) is 0 Å². The van der Waals surface area contributed by atoms with Crippen LogP contribution in [0.5, 0.6) is 0 Å². The maximum Gasteiger partial charge on any atom is 0.409 e. The van der Waals surface area contributed by atoms with Crippen molar-refractivity contribution in [1.82, 2.24) is 14.2 Å². The zero-order valence-corrected chi connectivity index (χ0v) is 13.7. The van der Waals surface area contributed by atoms with E-state index >= 15 is 0 Å². The van der Waals surface area contributed by atoms with Crippen LogP contribution in [-0.2, 0) is 14.8 Å². The van der Waals surface area contributed by atoms with Crippen LogP contribution in [0.4, 0.5) is 4.79 Å². The molecule has 1 aromatic heterocycles. The van der Waals surface area contributed by atoms with Crippen molar-refractivity contribution in [2.24, 2.45) is 0 Å². The van der Waals surface area contributed by atoms with E-state index < -0.39 is 22.1 Å². The molecule has 2 N–H and O–H groups in total. The van der Waals surface area contributed by atoms with Gasteiger partial charge in [-0.2, -0.15) is 4.31 Å². The zero-order valence-electron chi connectivity index (χ0n) is 12.9. The van der Waals surface area contributed by atoms with Crippen LogP contribution in [0.3, 0.4) is 0 Å². The molecule has 23 heavy (non-hydrogen) atoms. The van der Waals surface area contributed by atoms with Gasteiger partial charge < -0.3 is 19.7 Å². The number of carboxylic acid groups (broad SMARTS) is 1. The number of H-pyrrole nitrogens is 1. The van der Waals surface area contributed by atoms with Gasteiger partial charge in [-0.15, -0.1) is 0 Å². The van der Waals surface area contributed by atoms with Crippen molar-refractivity contribution in [2.45, 2.75) is 4.90 Å². The van der Waals surface area contributed by atoms with Crippen LogP contribution in [0.15, 0.2) is 29.8 Å². The number of nitrogens with zero attached hydrogens (tertiary/aromatic N) is 2. The number of carboxylic acids is 1. The number of hydrogen-bond acceptors (Lipinski definition) is 5. The van der Waals surface area contributed by atoms with Gasteiger partial charge in [0.15, 0.2) is 0 Å². The Hall–Kier alpha value is -2.33. The van der Waals surface area contributed by atoms with Crippen LogP contribution in [0.25, 0.3) is 0 Å². The summed E-state index contributed by atoms with van der Waals surface area (Å²) in [4.78, 5) is 25.8. The van der Waals surface area contributed by atoms with Crippen LogP contribution in [-0.4, -0.2) is 73.6 Å². The summed E-state index contributed by atoms with van der Waals surface area (Å²) in [5.41, 5.74) is -0.220. The lowest BCUT2D eigenvalue weighted by Crippen LogP contribution is -2.37. The average molecular weight is 345 g/mol. The first kappa shape index (κ1) is 18.7. The van der Waals surface area contributed by atoms with E-state index in [1.54, 1.807) is 0 Å². The summed E-state index contributed by atoms with van der Waals surface area (Å²) in [6.45, 7) is 3.62. The Morgan fingerprint density at radius 1 is 1.39 bits per heavy atom. The molecule has 1 amide bonds. The minimum absolute atomic E-state index is 0.0234. The number of carbonyl (C=O) groups excluding carboxylic acids is 1. The minimum atomic E-state index is -3.85. The van der Waals surface area contributed by atoms with Gasteiger partial charge in [0.2, 0.25) is 10.0 Å². The van der Waals surface area contributed by atoms with Crippen LogP contribution in [0.1, 0.15) is 10.5 Å². The molecule has 0 bridgehead atoms. The molecule has 0 fully saturated rings. The Bertz CT molecular complexity index is 682. The Labute approximate surface area is 134 Å². The standard InChI is InChI=1S/C13H19N3O6S/c1-4-7-22-13(19)15(2)5-6-16(3)23(20,21)10-8-11(12(17)18)14-9-10/h4,8-9,14H,1,5-7H2,2-3H3,(H,17,18). The van der Waals surface area contributed by atoms with Gasteiger partial charge >= 0.3 is 12.1 Å². The molecule has 0 radical (unpaired) electrons. The highest BCUT2D eigenvalue weighted by Crippen LogP contribution is 2.15. The number of aromatic amines is 1. The Kier molecular flexibility index (Phi) is 6.34. The lowest BCUT2D eigenvalue weighted by molar-refractivity contribution is 0.0691. The number of sulfonamides is 1. The molecule has 0 saturated heterocycles. The minimum Gasteiger partial charge on any atom is -0.477 e. The molecule has 0 aliphatic carbocycles. The second-order valence-corrected chi connectivity index (χ2v) is 6.71. The number of nitrogens with one attached hydrogen (secondary N) is 1. The van der Waals surface area contributed by atoms with E-state index in [2.05, 4.69) is 11.6 Å². The summed E-state index contributed by atoms with van der Waals surface area (Å²) in [6, 6.07) is 1.04. The van der Waals surface area contributed by atoms with Gasteiger partial charge in [0.05, 0.1) is 0 Å². The largest absolute Gasteiger partial charge is 0.477 e. The molecule has 0 atom stereocenters.